The van der Waals surface area contributed by atoms with Crippen molar-refractivity contribution in [2.24, 2.45) is 5.14 Å². The number of aryl methyl sites for hydroxylation is 2. The highest BCUT2D eigenvalue weighted by Crippen LogP contribution is 2.33. The molecule has 0 aliphatic rings. The molecule has 2 N–H and O–H groups in total. The minimum absolute atomic E-state index is 0.0547. The Morgan fingerprint density at radius 2 is 1.71 bits per heavy atom. The Morgan fingerprint density at radius 3 is 2.39 bits per heavy atom. The van der Waals surface area contributed by atoms with E-state index in [-0.39, 0.29) is 4.90 Å². The summed E-state index contributed by atoms with van der Waals surface area (Å²) in [5.41, 5.74) is 2.40. The minimum atomic E-state index is -3.75. The van der Waals surface area contributed by atoms with Gasteiger partial charge >= 0.3 is 0 Å². The molecule has 0 unspecified atom stereocenters. The molecule has 0 amide bonds. The van der Waals surface area contributed by atoms with Crippen LogP contribution in [-0.2, 0) is 23.0 Å². The first-order valence-electron chi connectivity index (χ1n) is 9.90. The number of nitrogens with two attached hydrogens (primary N) is 1. The molecule has 0 saturated heterocycles. The highest BCUT2D eigenvalue weighted by molar-refractivity contribution is 7.89. The van der Waals surface area contributed by atoms with E-state index < -0.39 is 10.0 Å². The number of hydrogen-bond acceptors (Lipinski definition) is 7. The molecule has 4 aromatic rings. The summed E-state index contributed by atoms with van der Waals surface area (Å²) < 4.78 is 29.2. The summed E-state index contributed by atoms with van der Waals surface area (Å²) in [7, 11) is -3.75. The van der Waals surface area contributed by atoms with Gasteiger partial charge in [-0.05, 0) is 42.3 Å². The van der Waals surface area contributed by atoms with Crippen molar-refractivity contribution >= 4 is 10.0 Å². The molecule has 0 saturated carbocycles. The molecule has 0 radical (unpaired) electrons. The molecule has 10 heteroatoms. The van der Waals surface area contributed by atoms with Crippen molar-refractivity contribution in [2.45, 2.75) is 37.1 Å². The Bertz CT molecular complexity index is 1220. The van der Waals surface area contributed by atoms with E-state index in [1.165, 1.54) is 18.5 Å². The number of hydrogen-bond donors (Lipinski definition) is 1. The molecule has 0 atom stereocenters. The van der Waals surface area contributed by atoms with E-state index in [0.717, 1.165) is 42.6 Å². The molecule has 0 aliphatic carbocycles. The van der Waals surface area contributed by atoms with Crippen molar-refractivity contribution in [3.63, 3.8) is 0 Å². The zero-order chi connectivity index (χ0) is 21.7. The molecule has 2 aromatic heterocycles. The lowest BCUT2D eigenvalue weighted by atomic mass is 10.1. The lowest BCUT2D eigenvalue weighted by Gasteiger charge is -2.03. The fourth-order valence-corrected chi connectivity index (χ4v) is 3.77. The molecule has 31 heavy (non-hydrogen) atoms. The van der Waals surface area contributed by atoms with Gasteiger partial charge in [0.25, 0.3) is 0 Å². The summed E-state index contributed by atoms with van der Waals surface area (Å²) in [6.07, 6.45) is 4.94. The second-order valence-electron chi connectivity index (χ2n) is 7.06. The average molecular weight is 439 g/mol. The number of primary sulfonamides is 1. The number of tetrazole rings is 1. The molecule has 4 rings (SSSR count). The Hall–Kier alpha value is -3.37. The molecule has 160 valence electrons. The Morgan fingerprint density at radius 1 is 0.935 bits per heavy atom. The molecule has 9 nitrogen and oxygen atoms in total. The van der Waals surface area contributed by atoms with Crippen LogP contribution in [0.5, 0.6) is 0 Å². The molecule has 0 spiro atoms. The summed E-state index contributed by atoms with van der Waals surface area (Å²) in [6, 6.07) is 16.1. The Balaban J connectivity index is 1.52. The van der Waals surface area contributed by atoms with E-state index in [9.17, 15) is 8.42 Å². The molecular weight excluding hydrogens is 416 g/mol. The molecule has 0 fully saturated rings. The van der Waals surface area contributed by atoms with Crippen molar-refractivity contribution in [2.75, 3.05) is 0 Å². The predicted molar refractivity (Wildman–Crippen MR) is 114 cm³/mol. The summed E-state index contributed by atoms with van der Waals surface area (Å²) in [4.78, 5) is 6.35. The first kappa shape index (κ1) is 20.9. The first-order chi connectivity index (χ1) is 15.0. The molecule has 0 aliphatic heterocycles. The number of benzene rings is 2. The molecular formula is C21H22N6O3S. The minimum Gasteiger partial charge on any atom is -0.440 e. The van der Waals surface area contributed by atoms with Gasteiger partial charge < -0.3 is 4.42 Å². The summed E-state index contributed by atoms with van der Waals surface area (Å²) in [5.74, 6) is 1.25. The zero-order valence-electron chi connectivity index (χ0n) is 16.8. The number of oxazole rings is 1. The van der Waals surface area contributed by atoms with Gasteiger partial charge in [-0.1, -0.05) is 36.8 Å². The van der Waals surface area contributed by atoms with Gasteiger partial charge in [0, 0.05) is 17.5 Å². The van der Waals surface area contributed by atoms with Crippen LogP contribution in [0.15, 0.2) is 70.2 Å². The van der Waals surface area contributed by atoms with Crippen molar-refractivity contribution in [3.8, 4) is 22.6 Å². The van der Waals surface area contributed by atoms with Crippen LogP contribution in [0.25, 0.3) is 22.6 Å². The third-order valence-corrected chi connectivity index (χ3v) is 5.73. The second-order valence-corrected chi connectivity index (χ2v) is 8.62. The van der Waals surface area contributed by atoms with E-state index >= 15 is 0 Å². The van der Waals surface area contributed by atoms with Gasteiger partial charge in [0.2, 0.25) is 10.0 Å². The number of nitrogens with zero attached hydrogens (tertiary/aromatic N) is 5. The van der Waals surface area contributed by atoms with Gasteiger partial charge in [-0.2, -0.15) is 4.80 Å². The maximum Gasteiger partial charge on any atom is 0.238 e. The van der Waals surface area contributed by atoms with E-state index in [1.807, 2.05) is 30.3 Å². The molecule has 2 heterocycles. The predicted octanol–water partition coefficient (Wildman–Crippen LogP) is 3.06. The lowest BCUT2D eigenvalue weighted by Crippen LogP contribution is -2.11. The number of rotatable bonds is 9. The quantitative estimate of drug-likeness (QED) is 0.397. The van der Waals surface area contributed by atoms with Crippen LogP contribution in [0.1, 0.15) is 25.2 Å². The first-order valence-corrected chi connectivity index (χ1v) is 11.4. The van der Waals surface area contributed by atoms with Crippen LogP contribution in [0.2, 0.25) is 0 Å². The van der Waals surface area contributed by atoms with Gasteiger partial charge in [0.15, 0.2) is 18.0 Å². The van der Waals surface area contributed by atoms with Gasteiger partial charge in [0.05, 0.1) is 11.4 Å². The van der Waals surface area contributed by atoms with Crippen molar-refractivity contribution < 1.29 is 12.8 Å². The lowest BCUT2D eigenvalue weighted by molar-refractivity contribution is 0.460. The Kier molecular flexibility index (Phi) is 6.19. The Labute approximate surface area is 180 Å². The molecule has 2 aromatic carbocycles. The van der Waals surface area contributed by atoms with E-state index in [0.29, 0.717) is 18.1 Å². The van der Waals surface area contributed by atoms with Crippen LogP contribution in [0, 0.1) is 0 Å². The summed E-state index contributed by atoms with van der Waals surface area (Å²) in [6.45, 7) is 0.725. The fourth-order valence-electron chi connectivity index (χ4n) is 3.25. The number of unbranched alkanes of at least 4 members (excludes halogenated alkanes) is 2. The summed E-state index contributed by atoms with van der Waals surface area (Å²) in [5, 5.41) is 16.7. The second kappa shape index (κ2) is 9.19. The van der Waals surface area contributed by atoms with E-state index in [2.05, 4.69) is 15.4 Å². The fraction of sp³-hybridized carbons (Fsp3) is 0.238. The highest BCUT2D eigenvalue weighted by Gasteiger charge is 2.17. The van der Waals surface area contributed by atoms with Gasteiger partial charge in [-0.25, -0.2) is 18.5 Å². The third-order valence-electron chi connectivity index (χ3n) is 4.80. The third kappa shape index (κ3) is 5.22. The topological polar surface area (TPSA) is 130 Å². The van der Waals surface area contributed by atoms with Gasteiger partial charge in [0.1, 0.15) is 5.69 Å². The SMILES string of the molecule is NS(=O)(=O)c1ccc(-c2oc(CCCCCn3ncnn3)nc2-c2ccccc2)cc1. The van der Waals surface area contributed by atoms with Crippen molar-refractivity contribution in [1.29, 1.82) is 0 Å². The van der Waals surface area contributed by atoms with Gasteiger partial charge in [-0.3, -0.25) is 0 Å². The van der Waals surface area contributed by atoms with Crippen molar-refractivity contribution in [1.82, 2.24) is 25.2 Å². The monoisotopic (exact) mass is 438 g/mol. The summed E-state index contributed by atoms with van der Waals surface area (Å²) >= 11 is 0. The largest absolute Gasteiger partial charge is 0.440 e. The van der Waals surface area contributed by atoms with Crippen molar-refractivity contribution in [3.05, 3.63) is 66.8 Å². The normalized spacial score (nSPS) is 11.6. The maximum atomic E-state index is 11.5. The van der Waals surface area contributed by atoms with Crippen LogP contribution in [0.3, 0.4) is 0 Å². The van der Waals surface area contributed by atoms with Crippen LogP contribution in [0.4, 0.5) is 0 Å². The standard InChI is InChI=1S/C21H22N6O3S/c22-31(28,29)18-12-10-17(11-13-18)21-20(16-7-3-1-4-8-16)25-19(30-21)9-5-2-6-14-27-24-15-23-26-27/h1,3-4,7-8,10-13,15H,2,5-6,9,14H2,(H2,22,28,29). The maximum absolute atomic E-state index is 11.5. The van der Waals surface area contributed by atoms with Gasteiger partial charge in [-0.15, -0.1) is 10.2 Å². The van der Waals surface area contributed by atoms with Crippen LogP contribution < -0.4 is 5.14 Å². The molecule has 0 bridgehead atoms. The van der Waals surface area contributed by atoms with Crippen LogP contribution >= 0.6 is 0 Å². The number of aromatic nitrogens is 5. The zero-order valence-corrected chi connectivity index (χ0v) is 17.6. The van der Waals surface area contributed by atoms with E-state index in [4.69, 9.17) is 14.5 Å². The van der Waals surface area contributed by atoms with Crippen LogP contribution in [-0.4, -0.2) is 33.6 Å². The average Bonchev–Trinajstić information content (AvgIpc) is 3.44. The smallest absolute Gasteiger partial charge is 0.238 e. The van der Waals surface area contributed by atoms with E-state index in [1.54, 1.807) is 16.9 Å². The highest BCUT2D eigenvalue weighted by atomic mass is 32.2. The number of sulfonamides is 1.